The summed E-state index contributed by atoms with van der Waals surface area (Å²) in [5.74, 6) is 0. The number of nitrogens with one attached hydrogen (secondary N) is 1. The van der Waals surface area contributed by atoms with Crippen molar-refractivity contribution in [1.29, 1.82) is 0 Å². The molecule has 0 fully saturated rings. The van der Waals surface area contributed by atoms with Crippen LogP contribution in [0.1, 0.15) is 24.9 Å². The maximum atomic E-state index is 3.70. The summed E-state index contributed by atoms with van der Waals surface area (Å²) in [4.78, 5) is 0. The van der Waals surface area contributed by atoms with Crippen LogP contribution in [0.4, 0.5) is 0 Å². The van der Waals surface area contributed by atoms with E-state index in [1.165, 1.54) is 5.56 Å². The molecular weight excluding hydrogens is 194 g/mol. The highest BCUT2D eigenvalue weighted by atomic mass is 35.5. The maximum absolute atomic E-state index is 3.70. The first-order valence-corrected chi connectivity index (χ1v) is 4.77. The zero-order valence-corrected chi connectivity index (χ0v) is 9.39. The highest BCUT2D eigenvalue weighted by Crippen LogP contribution is 2.15. The van der Waals surface area contributed by atoms with E-state index in [4.69, 9.17) is 0 Å². The predicted molar refractivity (Wildman–Crippen MR) is 64.9 cm³/mol. The Hall–Kier alpha value is -0.790. The summed E-state index contributed by atoms with van der Waals surface area (Å²) in [5, 5.41) is 3.42. The molecule has 2 heteroatoms. The Bertz CT molecular complexity index is 246. The van der Waals surface area contributed by atoms with Gasteiger partial charge in [-0.15, -0.1) is 19.0 Å². The van der Waals surface area contributed by atoms with Crippen molar-refractivity contribution < 1.29 is 0 Å². The quantitative estimate of drug-likeness (QED) is 0.737. The molecule has 0 aliphatic rings. The van der Waals surface area contributed by atoms with E-state index in [1.807, 2.05) is 12.1 Å². The summed E-state index contributed by atoms with van der Waals surface area (Å²) in [5.41, 5.74) is 1.35. The second kappa shape index (κ2) is 7.60. The van der Waals surface area contributed by atoms with Crippen LogP contribution in [0.2, 0.25) is 0 Å². The Morgan fingerprint density at radius 3 is 2.50 bits per heavy atom. The van der Waals surface area contributed by atoms with Gasteiger partial charge in [-0.2, -0.15) is 0 Å². The first-order valence-electron chi connectivity index (χ1n) is 4.77. The van der Waals surface area contributed by atoms with Crippen molar-refractivity contribution in [3.8, 4) is 0 Å². The molecule has 1 nitrogen and oxygen atoms in total. The second-order valence-corrected chi connectivity index (χ2v) is 3.07. The molecule has 0 amide bonds. The van der Waals surface area contributed by atoms with E-state index < -0.39 is 0 Å². The van der Waals surface area contributed by atoms with Gasteiger partial charge in [-0.05, 0) is 12.0 Å². The molecule has 0 saturated carbocycles. The van der Waals surface area contributed by atoms with Crippen LogP contribution >= 0.6 is 12.4 Å². The molecule has 78 valence electrons. The van der Waals surface area contributed by atoms with E-state index in [0.29, 0.717) is 6.04 Å². The molecule has 0 aliphatic heterocycles. The SMILES string of the molecule is C=CCNC(CC)c1ccccc1.Cl. The number of rotatable bonds is 5. The van der Waals surface area contributed by atoms with E-state index in [0.717, 1.165) is 13.0 Å². The highest BCUT2D eigenvalue weighted by molar-refractivity contribution is 5.85. The lowest BCUT2D eigenvalue weighted by molar-refractivity contribution is 0.551. The fraction of sp³-hybridized carbons (Fsp3) is 0.333. The van der Waals surface area contributed by atoms with Gasteiger partial charge < -0.3 is 5.32 Å². The summed E-state index contributed by atoms with van der Waals surface area (Å²) < 4.78 is 0. The van der Waals surface area contributed by atoms with Crippen LogP contribution in [0.5, 0.6) is 0 Å². The molecule has 0 spiro atoms. The molecule has 0 aromatic heterocycles. The topological polar surface area (TPSA) is 12.0 Å². The van der Waals surface area contributed by atoms with E-state index in [1.54, 1.807) is 0 Å². The van der Waals surface area contributed by atoms with Crippen molar-refractivity contribution in [2.24, 2.45) is 0 Å². The van der Waals surface area contributed by atoms with E-state index in [-0.39, 0.29) is 12.4 Å². The Morgan fingerprint density at radius 1 is 1.36 bits per heavy atom. The molecule has 1 aromatic rings. The van der Waals surface area contributed by atoms with Crippen molar-refractivity contribution in [3.05, 3.63) is 48.6 Å². The summed E-state index contributed by atoms with van der Waals surface area (Å²) in [7, 11) is 0. The van der Waals surface area contributed by atoms with Crippen LogP contribution < -0.4 is 5.32 Å². The molecule has 1 rings (SSSR count). The van der Waals surface area contributed by atoms with Gasteiger partial charge in [-0.3, -0.25) is 0 Å². The van der Waals surface area contributed by atoms with Crippen LogP contribution in [-0.2, 0) is 0 Å². The Morgan fingerprint density at radius 2 is 2.00 bits per heavy atom. The Balaban J connectivity index is 0.00000169. The first-order chi connectivity index (χ1) is 6.38. The van der Waals surface area contributed by atoms with Crippen LogP contribution in [0, 0.1) is 0 Å². The summed E-state index contributed by atoms with van der Waals surface area (Å²) in [6.07, 6.45) is 3.00. The van der Waals surface area contributed by atoms with Crippen LogP contribution in [0.3, 0.4) is 0 Å². The number of hydrogen-bond acceptors (Lipinski definition) is 1. The van der Waals surface area contributed by atoms with Crippen molar-refractivity contribution in [2.75, 3.05) is 6.54 Å². The van der Waals surface area contributed by atoms with Crippen molar-refractivity contribution in [2.45, 2.75) is 19.4 Å². The lowest BCUT2D eigenvalue weighted by atomic mass is 10.1. The van der Waals surface area contributed by atoms with Gasteiger partial charge in [0.05, 0.1) is 0 Å². The van der Waals surface area contributed by atoms with Gasteiger partial charge in [0, 0.05) is 12.6 Å². The molecule has 0 saturated heterocycles. The third-order valence-electron chi connectivity index (χ3n) is 2.12. The third-order valence-corrected chi connectivity index (χ3v) is 2.12. The van der Waals surface area contributed by atoms with Gasteiger partial charge in [0.15, 0.2) is 0 Å². The average Bonchev–Trinajstić information content (AvgIpc) is 2.21. The average molecular weight is 212 g/mol. The lowest BCUT2D eigenvalue weighted by Gasteiger charge is -2.15. The van der Waals surface area contributed by atoms with E-state index in [9.17, 15) is 0 Å². The maximum Gasteiger partial charge on any atom is 0.0320 e. The molecule has 1 unspecified atom stereocenters. The highest BCUT2D eigenvalue weighted by Gasteiger charge is 2.05. The fourth-order valence-electron chi connectivity index (χ4n) is 1.41. The fourth-order valence-corrected chi connectivity index (χ4v) is 1.41. The monoisotopic (exact) mass is 211 g/mol. The summed E-state index contributed by atoms with van der Waals surface area (Å²) in [6.45, 7) is 6.75. The Kier molecular flexibility index (Phi) is 7.17. The zero-order valence-electron chi connectivity index (χ0n) is 8.57. The minimum absolute atomic E-state index is 0. The molecular formula is C12H18ClN. The largest absolute Gasteiger partial charge is 0.306 e. The van der Waals surface area contributed by atoms with Gasteiger partial charge in [0.1, 0.15) is 0 Å². The summed E-state index contributed by atoms with van der Waals surface area (Å²) >= 11 is 0. The van der Waals surface area contributed by atoms with Gasteiger partial charge in [-0.1, -0.05) is 43.3 Å². The predicted octanol–water partition coefficient (Wildman–Crippen LogP) is 3.34. The van der Waals surface area contributed by atoms with Crippen molar-refractivity contribution in [3.63, 3.8) is 0 Å². The van der Waals surface area contributed by atoms with Crippen LogP contribution in [0.25, 0.3) is 0 Å². The first kappa shape index (κ1) is 13.2. The number of benzene rings is 1. The molecule has 0 bridgehead atoms. The molecule has 14 heavy (non-hydrogen) atoms. The molecule has 1 N–H and O–H groups in total. The normalized spacial score (nSPS) is 11.5. The molecule has 0 aliphatic carbocycles. The second-order valence-electron chi connectivity index (χ2n) is 3.07. The Labute approximate surface area is 92.6 Å². The third kappa shape index (κ3) is 3.95. The number of hydrogen-bond donors (Lipinski definition) is 1. The van der Waals surface area contributed by atoms with Gasteiger partial charge >= 0.3 is 0 Å². The van der Waals surface area contributed by atoms with E-state index >= 15 is 0 Å². The standard InChI is InChI=1S/C12H17N.ClH/c1-3-10-13-12(4-2)11-8-6-5-7-9-11;/h3,5-9,12-13H,1,4,10H2,2H3;1H. The van der Waals surface area contributed by atoms with Crippen LogP contribution in [-0.4, -0.2) is 6.54 Å². The van der Waals surface area contributed by atoms with Gasteiger partial charge in [0.2, 0.25) is 0 Å². The van der Waals surface area contributed by atoms with Gasteiger partial charge in [0.25, 0.3) is 0 Å². The minimum atomic E-state index is 0. The molecule has 0 heterocycles. The molecule has 0 radical (unpaired) electrons. The number of halogens is 1. The molecule has 1 aromatic carbocycles. The van der Waals surface area contributed by atoms with Gasteiger partial charge in [-0.25, -0.2) is 0 Å². The lowest BCUT2D eigenvalue weighted by Crippen LogP contribution is -2.20. The zero-order chi connectivity index (χ0) is 9.52. The molecule has 1 atom stereocenters. The minimum Gasteiger partial charge on any atom is -0.306 e. The van der Waals surface area contributed by atoms with Crippen molar-refractivity contribution >= 4 is 12.4 Å². The van der Waals surface area contributed by atoms with Crippen LogP contribution in [0.15, 0.2) is 43.0 Å². The van der Waals surface area contributed by atoms with Crippen molar-refractivity contribution in [1.82, 2.24) is 5.32 Å². The van der Waals surface area contributed by atoms with E-state index in [2.05, 4.69) is 43.1 Å². The summed E-state index contributed by atoms with van der Waals surface area (Å²) in [6, 6.07) is 11.0. The smallest absolute Gasteiger partial charge is 0.0320 e.